The van der Waals surface area contributed by atoms with Gasteiger partial charge in [-0.2, -0.15) is 5.10 Å². The number of nitrogens with two attached hydrogens (primary N) is 1. The maximum atomic E-state index is 6.10. The van der Waals surface area contributed by atoms with Crippen molar-refractivity contribution in [2.75, 3.05) is 7.11 Å². The second-order valence-corrected chi connectivity index (χ2v) is 5.59. The van der Waals surface area contributed by atoms with Crippen molar-refractivity contribution in [2.24, 2.45) is 18.2 Å². The lowest BCUT2D eigenvalue weighted by atomic mass is 9.75. The highest BCUT2D eigenvalue weighted by Crippen LogP contribution is 2.41. The van der Waals surface area contributed by atoms with Gasteiger partial charge in [-0.15, -0.1) is 0 Å². The Morgan fingerprint density at radius 2 is 2.24 bits per heavy atom. The summed E-state index contributed by atoms with van der Waals surface area (Å²) in [6, 6.07) is 0.119. The molecule has 1 aliphatic carbocycles. The number of allylic oxidation sites excluding steroid dienone is 1. The molecule has 0 saturated carbocycles. The molecule has 4 heteroatoms. The minimum Gasteiger partial charge on any atom is -0.493 e. The summed E-state index contributed by atoms with van der Waals surface area (Å²) < 4.78 is 7.22. The minimum atomic E-state index is 0.119. The molecule has 0 radical (unpaired) electrons. The van der Waals surface area contributed by atoms with Crippen LogP contribution in [0.5, 0.6) is 5.75 Å². The zero-order valence-corrected chi connectivity index (χ0v) is 11.0. The lowest BCUT2D eigenvalue weighted by molar-refractivity contribution is 0.317. The normalized spacial score (nSPS) is 23.4. The predicted octanol–water partition coefficient (Wildman–Crippen LogP) is 1.96. The second kappa shape index (κ2) is 4.18. The molecule has 0 amide bonds. The molecule has 17 heavy (non-hydrogen) atoms. The van der Waals surface area contributed by atoms with Crippen LogP contribution in [0.3, 0.4) is 0 Å². The Hall–Kier alpha value is -1.29. The maximum Gasteiger partial charge on any atom is 0.164 e. The number of ether oxygens (including phenoxy) is 1. The van der Waals surface area contributed by atoms with Gasteiger partial charge in [0.1, 0.15) is 5.69 Å². The average molecular weight is 235 g/mol. The third kappa shape index (κ3) is 2.36. The van der Waals surface area contributed by atoms with E-state index in [0.29, 0.717) is 0 Å². The van der Waals surface area contributed by atoms with Gasteiger partial charge in [0.2, 0.25) is 0 Å². The second-order valence-electron chi connectivity index (χ2n) is 5.59. The van der Waals surface area contributed by atoms with E-state index in [1.165, 1.54) is 5.57 Å². The van der Waals surface area contributed by atoms with Crippen LogP contribution in [-0.4, -0.2) is 22.9 Å². The van der Waals surface area contributed by atoms with Gasteiger partial charge in [-0.1, -0.05) is 19.9 Å². The van der Waals surface area contributed by atoms with Gasteiger partial charge in [-0.3, -0.25) is 4.68 Å². The molecule has 94 valence electrons. The molecule has 2 rings (SSSR count). The van der Waals surface area contributed by atoms with Gasteiger partial charge in [-0.05, 0) is 23.8 Å². The van der Waals surface area contributed by atoms with Crippen molar-refractivity contribution >= 4 is 5.57 Å². The molecule has 1 aliphatic rings. The summed E-state index contributed by atoms with van der Waals surface area (Å²) in [5.74, 6) is 0.823. The Labute approximate surface area is 102 Å². The SMILES string of the molecule is COc1cnn(C)c1C1=CC(N)CC(C)(C)C1. The molecule has 0 bridgehead atoms. The summed E-state index contributed by atoms with van der Waals surface area (Å²) in [6.07, 6.45) is 5.93. The average Bonchev–Trinajstić information content (AvgIpc) is 2.56. The Kier molecular flexibility index (Phi) is 3.00. The first-order chi connectivity index (χ1) is 7.93. The topological polar surface area (TPSA) is 53.1 Å². The summed E-state index contributed by atoms with van der Waals surface area (Å²) in [5.41, 5.74) is 8.63. The summed E-state index contributed by atoms with van der Waals surface area (Å²) in [6.45, 7) is 4.51. The highest BCUT2D eigenvalue weighted by molar-refractivity contribution is 5.69. The molecule has 1 aromatic heterocycles. The molecule has 0 spiro atoms. The molecule has 1 aromatic rings. The zero-order chi connectivity index (χ0) is 12.6. The number of rotatable bonds is 2. The Morgan fingerprint density at radius 1 is 1.53 bits per heavy atom. The molecular formula is C13H21N3O. The maximum absolute atomic E-state index is 6.10. The van der Waals surface area contributed by atoms with Crippen LogP contribution >= 0.6 is 0 Å². The first-order valence-electron chi connectivity index (χ1n) is 5.95. The summed E-state index contributed by atoms with van der Waals surface area (Å²) >= 11 is 0. The lowest BCUT2D eigenvalue weighted by Gasteiger charge is -2.33. The largest absolute Gasteiger partial charge is 0.493 e. The molecular weight excluding hydrogens is 214 g/mol. The van der Waals surface area contributed by atoms with E-state index in [-0.39, 0.29) is 11.5 Å². The number of hydrogen-bond donors (Lipinski definition) is 1. The molecule has 0 fully saturated rings. The minimum absolute atomic E-state index is 0.119. The van der Waals surface area contributed by atoms with E-state index in [4.69, 9.17) is 10.5 Å². The first-order valence-corrected chi connectivity index (χ1v) is 5.95. The molecule has 0 aromatic carbocycles. The van der Waals surface area contributed by atoms with Crippen molar-refractivity contribution in [3.05, 3.63) is 18.0 Å². The van der Waals surface area contributed by atoms with E-state index in [9.17, 15) is 0 Å². The van der Waals surface area contributed by atoms with Crippen LogP contribution in [-0.2, 0) is 7.05 Å². The lowest BCUT2D eigenvalue weighted by Crippen LogP contribution is -2.31. The van der Waals surface area contributed by atoms with Gasteiger partial charge in [-0.25, -0.2) is 0 Å². The van der Waals surface area contributed by atoms with E-state index in [0.717, 1.165) is 24.3 Å². The van der Waals surface area contributed by atoms with Crippen molar-refractivity contribution in [2.45, 2.75) is 32.7 Å². The predicted molar refractivity (Wildman–Crippen MR) is 68.7 cm³/mol. The van der Waals surface area contributed by atoms with Crippen LogP contribution in [0, 0.1) is 5.41 Å². The Morgan fingerprint density at radius 3 is 2.82 bits per heavy atom. The van der Waals surface area contributed by atoms with E-state index >= 15 is 0 Å². The van der Waals surface area contributed by atoms with Gasteiger partial charge in [0, 0.05) is 13.1 Å². The van der Waals surface area contributed by atoms with Crippen LogP contribution in [0.2, 0.25) is 0 Å². The van der Waals surface area contributed by atoms with E-state index < -0.39 is 0 Å². The highest BCUT2D eigenvalue weighted by atomic mass is 16.5. The van der Waals surface area contributed by atoms with Gasteiger partial charge < -0.3 is 10.5 Å². The van der Waals surface area contributed by atoms with Crippen molar-refractivity contribution in [1.82, 2.24) is 9.78 Å². The number of hydrogen-bond acceptors (Lipinski definition) is 3. The van der Waals surface area contributed by atoms with Gasteiger partial charge in [0.15, 0.2) is 5.75 Å². The molecule has 2 N–H and O–H groups in total. The van der Waals surface area contributed by atoms with Crippen LogP contribution in [0.4, 0.5) is 0 Å². The number of aryl methyl sites for hydroxylation is 1. The highest BCUT2D eigenvalue weighted by Gasteiger charge is 2.29. The first kappa shape index (κ1) is 12.2. The molecule has 1 atom stereocenters. The summed E-state index contributed by atoms with van der Waals surface area (Å²) in [7, 11) is 3.61. The van der Waals surface area contributed by atoms with E-state index in [1.807, 2.05) is 11.7 Å². The fraction of sp³-hybridized carbons (Fsp3) is 0.615. The summed E-state index contributed by atoms with van der Waals surface area (Å²) in [5, 5.41) is 4.25. The van der Waals surface area contributed by atoms with E-state index in [2.05, 4.69) is 25.0 Å². The number of nitrogens with zero attached hydrogens (tertiary/aromatic N) is 2. The zero-order valence-electron chi connectivity index (χ0n) is 11.0. The van der Waals surface area contributed by atoms with Gasteiger partial charge in [0.25, 0.3) is 0 Å². The number of aromatic nitrogens is 2. The third-order valence-corrected chi connectivity index (χ3v) is 3.30. The fourth-order valence-electron chi connectivity index (χ4n) is 2.70. The molecule has 0 aliphatic heterocycles. The van der Waals surface area contributed by atoms with Gasteiger partial charge >= 0.3 is 0 Å². The standard InChI is InChI=1S/C13H21N3O/c1-13(2)6-9(5-10(14)7-13)12-11(17-4)8-15-16(12)3/h5,8,10H,6-7,14H2,1-4H3. The summed E-state index contributed by atoms with van der Waals surface area (Å²) in [4.78, 5) is 0. The van der Waals surface area contributed by atoms with Crippen molar-refractivity contribution in [3.8, 4) is 5.75 Å². The van der Waals surface area contributed by atoms with Crippen LogP contribution in [0.15, 0.2) is 12.3 Å². The Balaban J connectivity index is 2.42. The third-order valence-electron chi connectivity index (χ3n) is 3.30. The Bertz CT molecular complexity index is 446. The van der Waals surface area contributed by atoms with Crippen molar-refractivity contribution in [3.63, 3.8) is 0 Å². The smallest absolute Gasteiger partial charge is 0.164 e. The van der Waals surface area contributed by atoms with Crippen LogP contribution in [0.25, 0.3) is 5.57 Å². The molecule has 1 unspecified atom stereocenters. The van der Waals surface area contributed by atoms with E-state index in [1.54, 1.807) is 13.3 Å². The van der Waals surface area contributed by atoms with Gasteiger partial charge in [0.05, 0.1) is 13.3 Å². The number of methoxy groups -OCH3 is 1. The molecule has 0 saturated heterocycles. The van der Waals surface area contributed by atoms with Crippen LogP contribution < -0.4 is 10.5 Å². The monoisotopic (exact) mass is 235 g/mol. The molecule has 1 heterocycles. The van der Waals surface area contributed by atoms with Crippen LogP contribution in [0.1, 0.15) is 32.4 Å². The molecule has 4 nitrogen and oxygen atoms in total. The van der Waals surface area contributed by atoms with Crippen molar-refractivity contribution in [1.29, 1.82) is 0 Å². The van der Waals surface area contributed by atoms with Crippen molar-refractivity contribution < 1.29 is 4.74 Å². The quantitative estimate of drug-likeness (QED) is 0.852. The fourth-order valence-corrected chi connectivity index (χ4v) is 2.70.